The van der Waals surface area contributed by atoms with Crippen LogP contribution in [0.1, 0.15) is 25.0 Å². The minimum atomic E-state index is -0.0329. The average molecular weight is 691 g/mol. The second-order valence-corrected chi connectivity index (χ2v) is 16.0. The fraction of sp³-hybridized carbons (Fsp3) is 0.0638. The Bertz CT molecular complexity index is 2750. The fourth-order valence-electron chi connectivity index (χ4n) is 8.20. The first-order valence-electron chi connectivity index (χ1n) is 17.0. The van der Waals surface area contributed by atoms with Crippen molar-refractivity contribution in [3.8, 4) is 22.3 Å². The van der Waals surface area contributed by atoms with Gasteiger partial charge >= 0.3 is 294 Å². The topological polar surface area (TPSA) is 3.24 Å². The van der Waals surface area contributed by atoms with Crippen molar-refractivity contribution in [3.63, 3.8) is 0 Å². The van der Waals surface area contributed by atoms with Crippen LogP contribution < -0.4 is 4.90 Å². The summed E-state index contributed by atoms with van der Waals surface area (Å²) in [6.45, 7) is 4.70. The van der Waals surface area contributed by atoms with Crippen LogP contribution in [0.4, 0.5) is 17.1 Å². The molecular weight excluding hydrogens is 657 g/mol. The van der Waals surface area contributed by atoms with Gasteiger partial charge in [0.2, 0.25) is 0 Å². The zero-order valence-corrected chi connectivity index (χ0v) is 29.2. The molecular formula is C47H33NSe. The first kappa shape index (κ1) is 28.6. The van der Waals surface area contributed by atoms with Crippen molar-refractivity contribution in [2.24, 2.45) is 0 Å². The Hall–Kier alpha value is -5.40. The summed E-state index contributed by atoms with van der Waals surface area (Å²) in [5, 5.41) is 8.14. The second-order valence-electron chi connectivity index (χ2n) is 13.8. The normalized spacial score (nSPS) is 13.3. The molecule has 0 radical (unpaired) electrons. The van der Waals surface area contributed by atoms with Gasteiger partial charge in [-0.15, -0.1) is 0 Å². The standard InChI is InChI=1S/C47H33NSe/c1-47(2)42-18-9-8-17-38(42)40-28-35(22-25-43(40)47)48(34-15-10-14-33(27-34)30-11-4-3-5-12-30)36-23-26-44-41(29-36)39-24-21-32-20-19-31-13-6-7-16-37(31)45(32)46(39)49-44/h3-29H,1-2H3. The van der Waals surface area contributed by atoms with E-state index in [0.29, 0.717) is 0 Å². The summed E-state index contributed by atoms with van der Waals surface area (Å²) < 4.78 is 2.96. The maximum absolute atomic E-state index is 2.46. The van der Waals surface area contributed by atoms with Gasteiger partial charge in [0, 0.05) is 0 Å². The Morgan fingerprint density at radius 1 is 0.449 bits per heavy atom. The van der Waals surface area contributed by atoms with Crippen LogP contribution in [0.3, 0.4) is 0 Å². The molecule has 0 N–H and O–H groups in total. The van der Waals surface area contributed by atoms with Crippen LogP contribution in [0.15, 0.2) is 164 Å². The molecule has 1 aliphatic carbocycles. The van der Waals surface area contributed by atoms with E-state index in [1.807, 2.05) is 0 Å². The Morgan fingerprint density at radius 2 is 1.14 bits per heavy atom. The van der Waals surface area contributed by atoms with Gasteiger partial charge in [-0.05, 0) is 0 Å². The Balaban J connectivity index is 1.21. The zero-order chi connectivity index (χ0) is 32.7. The molecule has 49 heavy (non-hydrogen) atoms. The predicted molar refractivity (Wildman–Crippen MR) is 211 cm³/mol. The van der Waals surface area contributed by atoms with E-state index in [0.717, 1.165) is 5.69 Å². The number of rotatable bonds is 4. The van der Waals surface area contributed by atoms with Gasteiger partial charge in [-0.3, -0.25) is 0 Å². The van der Waals surface area contributed by atoms with E-state index in [4.69, 9.17) is 0 Å². The molecule has 2 heteroatoms. The molecule has 0 bridgehead atoms. The number of nitrogens with zero attached hydrogens (tertiary/aromatic N) is 1. The van der Waals surface area contributed by atoms with Crippen molar-refractivity contribution in [1.82, 2.24) is 0 Å². The molecule has 232 valence electrons. The molecule has 9 aromatic rings. The number of hydrogen-bond donors (Lipinski definition) is 0. The molecule has 0 saturated heterocycles. The monoisotopic (exact) mass is 691 g/mol. The summed E-state index contributed by atoms with van der Waals surface area (Å²) in [6.07, 6.45) is 0. The van der Waals surface area contributed by atoms with Crippen molar-refractivity contribution in [2.75, 3.05) is 4.90 Å². The van der Waals surface area contributed by atoms with Gasteiger partial charge in [0.1, 0.15) is 0 Å². The molecule has 0 atom stereocenters. The van der Waals surface area contributed by atoms with E-state index in [-0.39, 0.29) is 19.9 Å². The quantitative estimate of drug-likeness (QED) is 0.131. The summed E-state index contributed by atoms with van der Waals surface area (Å²) >= 11 is 0.230. The van der Waals surface area contributed by atoms with Crippen LogP contribution in [-0.2, 0) is 5.41 Å². The molecule has 1 nitrogen and oxygen atoms in total. The molecule has 10 rings (SSSR count). The SMILES string of the molecule is CC1(C)c2ccccc2-c2cc(N(c3cccc(-c4ccccc4)c3)c3ccc4[se]c5c(ccc6ccc7ccccc7c65)c4c3)ccc21. The zero-order valence-electron chi connectivity index (χ0n) is 27.4. The molecule has 1 heterocycles. The van der Waals surface area contributed by atoms with Gasteiger partial charge in [0.15, 0.2) is 0 Å². The molecule has 1 aliphatic rings. The van der Waals surface area contributed by atoms with Gasteiger partial charge in [-0.25, -0.2) is 0 Å². The van der Waals surface area contributed by atoms with Gasteiger partial charge in [0.05, 0.1) is 0 Å². The Kier molecular flexibility index (Phi) is 6.31. The summed E-state index contributed by atoms with van der Waals surface area (Å²) in [5.41, 5.74) is 11.4. The maximum atomic E-state index is 2.46. The average Bonchev–Trinajstić information content (AvgIpc) is 3.63. The van der Waals surface area contributed by atoms with Crippen molar-refractivity contribution < 1.29 is 0 Å². The summed E-state index contributed by atoms with van der Waals surface area (Å²) in [7, 11) is 0. The molecule has 0 amide bonds. The first-order chi connectivity index (χ1) is 24.0. The first-order valence-corrected chi connectivity index (χ1v) is 18.7. The number of anilines is 3. The van der Waals surface area contributed by atoms with Gasteiger partial charge in [0.25, 0.3) is 0 Å². The molecule has 0 aliphatic heterocycles. The van der Waals surface area contributed by atoms with Crippen molar-refractivity contribution in [2.45, 2.75) is 19.3 Å². The van der Waals surface area contributed by atoms with Gasteiger partial charge in [-0.1, -0.05) is 0 Å². The van der Waals surface area contributed by atoms with E-state index in [9.17, 15) is 0 Å². The second kappa shape index (κ2) is 10.8. The molecule has 0 unspecified atom stereocenters. The van der Waals surface area contributed by atoms with Crippen molar-refractivity contribution in [1.29, 1.82) is 0 Å². The predicted octanol–water partition coefficient (Wildman–Crippen LogP) is 12.8. The third kappa shape index (κ3) is 4.38. The fourth-order valence-corrected chi connectivity index (χ4v) is 10.8. The molecule has 1 aromatic heterocycles. The number of hydrogen-bond acceptors (Lipinski definition) is 1. The summed E-state index contributed by atoms with van der Waals surface area (Å²) in [6, 6.07) is 61.0. The Labute approximate surface area is 292 Å². The third-order valence-electron chi connectivity index (χ3n) is 10.6. The molecule has 0 saturated carbocycles. The van der Waals surface area contributed by atoms with E-state index >= 15 is 0 Å². The van der Waals surface area contributed by atoms with Crippen molar-refractivity contribution >= 4 is 72.4 Å². The molecule has 0 spiro atoms. The molecule has 8 aromatic carbocycles. The van der Waals surface area contributed by atoms with Crippen molar-refractivity contribution in [3.05, 3.63) is 175 Å². The van der Waals surface area contributed by atoms with Crippen LogP contribution in [-0.4, -0.2) is 14.5 Å². The third-order valence-corrected chi connectivity index (χ3v) is 13.1. The van der Waals surface area contributed by atoms with Gasteiger partial charge in [-0.2, -0.15) is 0 Å². The van der Waals surface area contributed by atoms with Crippen LogP contribution >= 0.6 is 0 Å². The van der Waals surface area contributed by atoms with E-state index in [1.54, 1.807) is 0 Å². The number of fused-ring (bicyclic) bond motifs is 10. The van der Waals surface area contributed by atoms with Crippen LogP contribution in [0.5, 0.6) is 0 Å². The van der Waals surface area contributed by atoms with Crippen LogP contribution in [0.2, 0.25) is 0 Å². The van der Waals surface area contributed by atoms with Crippen LogP contribution in [0, 0.1) is 0 Å². The van der Waals surface area contributed by atoms with Crippen LogP contribution in [0.25, 0.3) is 63.1 Å². The van der Waals surface area contributed by atoms with E-state index < -0.39 is 0 Å². The van der Waals surface area contributed by atoms with E-state index in [1.165, 1.54) is 85.6 Å². The van der Waals surface area contributed by atoms with Gasteiger partial charge < -0.3 is 0 Å². The summed E-state index contributed by atoms with van der Waals surface area (Å²) in [5.74, 6) is 0. The summed E-state index contributed by atoms with van der Waals surface area (Å²) in [4.78, 5) is 2.46. The minimum absolute atomic E-state index is 0.0329. The molecule has 0 fully saturated rings. The van der Waals surface area contributed by atoms with E-state index in [2.05, 4.69) is 183 Å². The number of benzene rings is 8. The Morgan fingerprint density at radius 3 is 2.06 bits per heavy atom.